The van der Waals surface area contributed by atoms with Gasteiger partial charge < -0.3 is 10.2 Å². The number of carbonyl (C=O) groups is 2. The summed E-state index contributed by atoms with van der Waals surface area (Å²) in [6, 6.07) is 12.9. The fourth-order valence-electron chi connectivity index (χ4n) is 2.96. The van der Waals surface area contributed by atoms with Crippen molar-refractivity contribution in [2.75, 3.05) is 12.8 Å². The molecule has 7 heteroatoms. The van der Waals surface area contributed by atoms with Crippen LogP contribution >= 0.6 is 35.0 Å². The van der Waals surface area contributed by atoms with E-state index in [9.17, 15) is 9.59 Å². The molecule has 0 spiro atoms. The first-order valence-electron chi connectivity index (χ1n) is 9.44. The zero-order valence-electron chi connectivity index (χ0n) is 16.9. The first-order chi connectivity index (χ1) is 13.9. The molecular formula is C22H26Cl2N2O2S. The second-order valence-corrected chi connectivity index (χ2v) is 8.54. The second kappa shape index (κ2) is 11.5. The number of nitrogens with one attached hydrogen (secondary N) is 1. The summed E-state index contributed by atoms with van der Waals surface area (Å²) < 4.78 is 0. The maximum absolute atomic E-state index is 13.1. The third kappa shape index (κ3) is 6.66. The molecule has 0 unspecified atom stereocenters. The third-order valence-corrected chi connectivity index (χ3v) is 6.33. The number of amides is 2. The quantitative estimate of drug-likeness (QED) is 0.576. The summed E-state index contributed by atoms with van der Waals surface area (Å²) in [6.07, 6.45) is 0.496. The molecule has 0 aliphatic rings. The van der Waals surface area contributed by atoms with E-state index in [2.05, 4.69) is 29.6 Å². The minimum absolute atomic E-state index is 0.117. The maximum atomic E-state index is 13.1. The number of likely N-dealkylation sites (N-methyl/N-ethyl adjacent to an activating group) is 1. The summed E-state index contributed by atoms with van der Waals surface area (Å²) >= 11 is 14.1. The van der Waals surface area contributed by atoms with E-state index in [0.717, 1.165) is 11.3 Å². The lowest BCUT2D eigenvalue weighted by Crippen LogP contribution is -2.48. The number of nitrogens with zero attached hydrogens (tertiary/aromatic N) is 1. The van der Waals surface area contributed by atoms with E-state index >= 15 is 0 Å². The monoisotopic (exact) mass is 452 g/mol. The standard InChI is InChI=1S/C22H26Cl2N2O2S/c1-4-20(22(28)25-3)26(12-17-18(23)6-5-7-19(17)24)21(27)14-29-13-16-10-8-15(2)9-11-16/h5-11,20H,4,12-14H2,1-3H3,(H,25,28)/t20-/m0/s1. The first kappa shape index (κ1) is 23.6. The Kier molecular flexibility index (Phi) is 9.34. The smallest absolute Gasteiger partial charge is 0.242 e. The molecular weight excluding hydrogens is 427 g/mol. The van der Waals surface area contributed by atoms with Gasteiger partial charge in [0, 0.05) is 35.0 Å². The molecule has 0 bridgehead atoms. The topological polar surface area (TPSA) is 49.4 Å². The fraction of sp³-hybridized carbons (Fsp3) is 0.364. The van der Waals surface area contributed by atoms with Crippen LogP contribution < -0.4 is 5.32 Å². The Bertz CT molecular complexity index is 823. The average Bonchev–Trinajstić information content (AvgIpc) is 2.71. The maximum Gasteiger partial charge on any atom is 0.242 e. The molecule has 0 aliphatic heterocycles. The van der Waals surface area contributed by atoms with Crippen LogP contribution in [0.1, 0.15) is 30.0 Å². The zero-order valence-corrected chi connectivity index (χ0v) is 19.2. The van der Waals surface area contributed by atoms with E-state index in [4.69, 9.17) is 23.2 Å². The summed E-state index contributed by atoms with van der Waals surface area (Å²) in [5.74, 6) is 0.675. The molecule has 0 heterocycles. The van der Waals surface area contributed by atoms with Crippen molar-refractivity contribution in [1.29, 1.82) is 0 Å². The Morgan fingerprint density at radius 1 is 1.10 bits per heavy atom. The zero-order chi connectivity index (χ0) is 21.4. The van der Waals surface area contributed by atoms with Gasteiger partial charge in [-0.05, 0) is 31.0 Å². The number of hydrogen-bond acceptors (Lipinski definition) is 3. The Hall–Kier alpha value is -1.69. The van der Waals surface area contributed by atoms with E-state index in [1.807, 2.05) is 13.8 Å². The number of carbonyl (C=O) groups excluding carboxylic acids is 2. The Labute approximate surface area is 187 Å². The van der Waals surface area contributed by atoms with Crippen molar-refractivity contribution in [3.63, 3.8) is 0 Å². The largest absolute Gasteiger partial charge is 0.357 e. The highest BCUT2D eigenvalue weighted by Gasteiger charge is 2.29. The summed E-state index contributed by atoms with van der Waals surface area (Å²) in [5, 5.41) is 3.61. The van der Waals surface area contributed by atoms with Crippen molar-refractivity contribution in [2.24, 2.45) is 0 Å². The van der Waals surface area contributed by atoms with Crippen LogP contribution in [0.5, 0.6) is 0 Å². The van der Waals surface area contributed by atoms with Gasteiger partial charge in [-0.3, -0.25) is 9.59 Å². The number of hydrogen-bond donors (Lipinski definition) is 1. The normalized spacial score (nSPS) is 11.8. The van der Waals surface area contributed by atoms with Crippen molar-refractivity contribution in [2.45, 2.75) is 38.6 Å². The van der Waals surface area contributed by atoms with Crippen LogP contribution in [-0.2, 0) is 21.9 Å². The van der Waals surface area contributed by atoms with Crippen LogP contribution in [0.25, 0.3) is 0 Å². The van der Waals surface area contributed by atoms with E-state index in [0.29, 0.717) is 22.0 Å². The highest BCUT2D eigenvalue weighted by molar-refractivity contribution is 7.99. The molecule has 29 heavy (non-hydrogen) atoms. The van der Waals surface area contributed by atoms with Crippen LogP contribution in [-0.4, -0.2) is 35.6 Å². The van der Waals surface area contributed by atoms with Crippen LogP contribution in [0, 0.1) is 6.92 Å². The molecule has 4 nitrogen and oxygen atoms in total. The lowest BCUT2D eigenvalue weighted by molar-refractivity contribution is -0.139. The van der Waals surface area contributed by atoms with E-state index in [1.165, 1.54) is 17.3 Å². The van der Waals surface area contributed by atoms with Gasteiger partial charge in [-0.25, -0.2) is 0 Å². The van der Waals surface area contributed by atoms with E-state index < -0.39 is 6.04 Å². The molecule has 0 aliphatic carbocycles. The summed E-state index contributed by atoms with van der Waals surface area (Å²) in [6.45, 7) is 4.12. The first-order valence-corrected chi connectivity index (χ1v) is 11.4. The van der Waals surface area contributed by atoms with Gasteiger partial charge in [0.2, 0.25) is 11.8 Å². The summed E-state index contributed by atoms with van der Waals surface area (Å²) in [5.41, 5.74) is 3.01. The molecule has 0 fully saturated rings. The molecule has 1 atom stereocenters. The van der Waals surface area contributed by atoms with Crippen molar-refractivity contribution < 1.29 is 9.59 Å². The summed E-state index contributed by atoms with van der Waals surface area (Å²) in [7, 11) is 1.57. The molecule has 2 rings (SSSR count). The van der Waals surface area contributed by atoms with Gasteiger partial charge in [-0.15, -0.1) is 11.8 Å². The predicted molar refractivity (Wildman–Crippen MR) is 122 cm³/mol. The van der Waals surface area contributed by atoms with Crippen LogP contribution in [0.15, 0.2) is 42.5 Å². The predicted octanol–water partition coefficient (Wildman–Crippen LogP) is 5.09. The van der Waals surface area contributed by atoms with Gasteiger partial charge in [-0.1, -0.05) is 66.0 Å². The van der Waals surface area contributed by atoms with Gasteiger partial charge >= 0.3 is 0 Å². The highest BCUT2D eigenvalue weighted by atomic mass is 35.5. The number of rotatable bonds is 9. The number of aryl methyl sites for hydroxylation is 1. The highest BCUT2D eigenvalue weighted by Crippen LogP contribution is 2.27. The molecule has 1 N–H and O–H groups in total. The lowest BCUT2D eigenvalue weighted by atomic mass is 10.1. The Balaban J connectivity index is 2.15. The van der Waals surface area contributed by atoms with Gasteiger partial charge in [-0.2, -0.15) is 0 Å². The van der Waals surface area contributed by atoms with Crippen molar-refractivity contribution in [1.82, 2.24) is 10.2 Å². The third-order valence-electron chi connectivity index (χ3n) is 4.64. The van der Waals surface area contributed by atoms with Crippen LogP contribution in [0.2, 0.25) is 10.0 Å². The second-order valence-electron chi connectivity index (χ2n) is 6.74. The fourth-order valence-corrected chi connectivity index (χ4v) is 4.35. The van der Waals surface area contributed by atoms with Gasteiger partial charge in [0.1, 0.15) is 6.04 Å². The molecule has 0 saturated carbocycles. The number of halogens is 2. The molecule has 0 aromatic heterocycles. The molecule has 0 saturated heterocycles. The Morgan fingerprint density at radius 2 is 1.72 bits per heavy atom. The molecule has 0 radical (unpaired) electrons. The van der Waals surface area contributed by atoms with Crippen molar-refractivity contribution in [3.8, 4) is 0 Å². The molecule has 156 valence electrons. The number of benzene rings is 2. The minimum Gasteiger partial charge on any atom is -0.357 e. The lowest BCUT2D eigenvalue weighted by Gasteiger charge is -2.30. The molecule has 2 aromatic rings. The van der Waals surface area contributed by atoms with Crippen LogP contribution in [0.3, 0.4) is 0 Å². The van der Waals surface area contributed by atoms with Gasteiger partial charge in [0.15, 0.2) is 0 Å². The van der Waals surface area contributed by atoms with Crippen LogP contribution in [0.4, 0.5) is 0 Å². The van der Waals surface area contributed by atoms with Crippen molar-refractivity contribution >= 4 is 46.8 Å². The van der Waals surface area contributed by atoms with E-state index in [1.54, 1.807) is 30.1 Å². The van der Waals surface area contributed by atoms with E-state index in [-0.39, 0.29) is 24.1 Å². The van der Waals surface area contributed by atoms with Gasteiger partial charge in [0.05, 0.1) is 5.75 Å². The summed E-state index contributed by atoms with van der Waals surface area (Å²) in [4.78, 5) is 27.1. The van der Waals surface area contributed by atoms with Gasteiger partial charge in [0.25, 0.3) is 0 Å². The average molecular weight is 453 g/mol. The Morgan fingerprint density at radius 3 is 2.28 bits per heavy atom. The molecule has 2 aromatic carbocycles. The number of thioether (sulfide) groups is 1. The van der Waals surface area contributed by atoms with Crippen molar-refractivity contribution in [3.05, 3.63) is 69.2 Å². The molecule has 2 amide bonds. The minimum atomic E-state index is -0.584. The SMILES string of the molecule is CC[C@@H](C(=O)NC)N(Cc1c(Cl)cccc1Cl)C(=O)CSCc1ccc(C)cc1.